The number of hydrogen-bond donors (Lipinski definition) is 0. The Morgan fingerprint density at radius 2 is 1.97 bits per heavy atom. The number of rotatable bonds is 11. The largest absolute Gasteiger partial charge is 0.711 e. The Hall–Kier alpha value is -3.72. The molecule has 0 fully saturated rings. The summed E-state index contributed by atoms with van der Waals surface area (Å²) in [5, 5.41) is 11.9. The molecular weight excluding hydrogens is 490 g/mol. The molecule has 1 aliphatic rings. The van der Waals surface area contributed by atoms with Gasteiger partial charge < -0.3 is 19.6 Å². The number of nitrogens with zero attached hydrogens (tertiary/aromatic N) is 3. The van der Waals surface area contributed by atoms with Crippen LogP contribution in [0.5, 0.6) is 5.75 Å². The minimum atomic E-state index is -0.238. The highest BCUT2D eigenvalue weighted by Gasteiger charge is 2.27. The summed E-state index contributed by atoms with van der Waals surface area (Å²) in [5.41, 5.74) is 1.77. The molecule has 0 radical (unpaired) electrons. The molecule has 1 amide bonds. The normalized spacial score (nSPS) is 13.5. The number of pyridine rings is 1. The summed E-state index contributed by atoms with van der Waals surface area (Å²) >= 11 is 1.57. The Kier molecular flexibility index (Phi) is 8.90. The zero-order chi connectivity index (χ0) is 26.2. The number of ether oxygens (including phenoxy) is 2. The van der Waals surface area contributed by atoms with Crippen molar-refractivity contribution in [3.05, 3.63) is 83.7 Å². The molecule has 0 aliphatic carbocycles. The lowest BCUT2D eigenvalue weighted by Gasteiger charge is -2.30. The van der Waals surface area contributed by atoms with Gasteiger partial charge >= 0.3 is 5.97 Å². The molecule has 4 rings (SSSR count). The van der Waals surface area contributed by atoms with Crippen LogP contribution in [-0.2, 0) is 14.3 Å². The summed E-state index contributed by atoms with van der Waals surface area (Å²) in [6, 6.07) is 20.9. The predicted octanol–water partition coefficient (Wildman–Crippen LogP) is 4.36. The van der Waals surface area contributed by atoms with Crippen molar-refractivity contribution in [2.45, 2.75) is 29.9 Å². The van der Waals surface area contributed by atoms with Gasteiger partial charge in [0.1, 0.15) is 5.75 Å². The Labute approximate surface area is 221 Å². The van der Waals surface area contributed by atoms with E-state index in [1.165, 1.54) is 6.20 Å². The van der Waals surface area contributed by atoms with Crippen molar-refractivity contribution < 1.29 is 23.8 Å². The van der Waals surface area contributed by atoms with Crippen molar-refractivity contribution in [2.75, 3.05) is 43.2 Å². The molecule has 1 atom stereocenters. The third-order valence-electron chi connectivity index (χ3n) is 6.05. The minimum Gasteiger partial charge on any atom is -0.711 e. The summed E-state index contributed by atoms with van der Waals surface area (Å²) in [6.07, 6.45) is 2.41. The zero-order valence-electron chi connectivity index (χ0n) is 21.0. The predicted molar refractivity (Wildman–Crippen MR) is 144 cm³/mol. The molecule has 1 unspecified atom stereocenters. The third kappa shape index (κ3) is 6.74. The summed E-state index contributed by atoms with van der Waals surface area (Å²) < 4.78 is 11.8. The van der Waals surface area contributed by atoms with E-state index in [0.717, 1.165) is 20.9 Å². The van der Waals surface area contributed by atoms with Gasteiger partial charge in [-0.05, 0) is 36.8 Å². The van der Waals surface area contributed by atoms with Crippen LogP contribution < -0.4 is 19.3 Å². The highest BCUT2D eigenvalue weighted by atomic mass is 32.2. The van der Waals surface area contributed by atoms with Gasteiger partial charge in [0.2, 0.25) is 0 Å². The topological polar surface area (TPSA) is 86.0 Å². The molecule has 0 saturated heterocycles. The maximum atomic E-state index is 12.7. The van der Waals surface area contributed by atoms with E-state index in [4.69, 9.17) is 9.47 Å². The molecule has 37 heavy (non-hydrogen) atoms. The van der Waals surface area contributed by atoms with Crippen molar-refractivity contribution in [3.63, 3.8) is 0 Å². The van der Waals surface area contributed by atoms with Gasteiger partial charge in [-0.2, -0.15) is 0 Å². The average molecular weight is 522 g/mol. The molecule has 2 aromatic carbocycles. The van der Waals surface area contributed by atoms with Crippen LogP contribution in [0.3, 0.4) is 0 Å². The Morgan fingerprint density at radius 1 is 1.19 bits per heavy atom. The minimum absolute atomic E-state index is 0.0266. The van der Waals surface area contributed by atoms with Crippen molar-refractivity contribution >= 4 is 35.1 Å². The Morgan fingerprint density at radius 3 is 2.73 bits per heavy atom. The molecule has 0 spiro atoms. The average Bonchev–Trinajstić information content (AvgIpc) is 2.90. The highest BCUT2D eigenvalue weighted by molar-refractivity contribution is 7.99. The number of benzene rings is 2. The summed E-state index contributed by atoms with van der Waals surface area (Å²) in [7, 11) is 1.86. The molecule has 3 aromatic rings. The van der Waals surface area contributed by atoms with Crippen molar-refractivity contribution in [3.8, 4) is 5.75 Å². The number of carbonyl (C=O) groups is 2. The molecule has 8 nitrogen and oxygen atoms in total. The number of hydrogen-bond acceptors (Lipinski definition) is 7. The molecule has 194 valence electrons. The van der Waals surface area contributed by atoms with E-state index in [2.05, 4.69) is 0 Å². The third-order valence-corrected chi connectivity index (χ3v) is 7.30. The van der Waals surface area contributed by atoms with Gasteiger partial charge in [0, 0.05) is 29.2 Å². The maximum absolute atomic E-state index is 12.7. The van der Waals surface area contributed by atoms with Crippen LogP contribution in [0.25, 0.3) is 0 Å². The number of carbonyl (C=O) groups excluding carboxylic acids is 2. The standard InChI is InChI=1S/C28H31N3O5S/c1-3-35-28(33)19-25(21-10-5-4-6-11-21)37-22-13-14-23-24(18-22)36-20-27(32)30(23)16-9-15-29(2)26-12-7-8-17-31(26)34/h4-8,10-14,17-18,25H,3,9,15-16,19-20H2,1-2H3. The zero-order valence-corrected chi connectivity index (χ0v) is 21.9. The number of fused-ring (bicyclic) bond motifs is 1. The van der Waals surface area contributed by atoms with Crippen molar-refractivity contribution in [2.24, 2.45) is 0 Å². The fourth-order valence-electron chi connectivity index (χ4n) is 4.23. The SMILES string of the molecule is CCOC(=O)CC(Sc1ccc2c(c1)OCC(=O)N2CCCN(C)c1cccc[n+]1[O-])c1ccccc1. The molecule has 0 bridgehead atoms. The summed E-state index contributed by atoms with van der Waals surface area (Å²) in [6.45, 7) is 3.25. The number of anilines is 2. The van der Waals surface area contributed by atoms with Gasteiger partial charge in [-0.3, -0.25) is 14.5 Å². The second-order valence-corrected chi connectivity index (χ2v) is 9.93. The van der Waals surface area contributed by atoms with Gasteiger partial charge in [0.05, 0.1) is 38.5 Å². The molecule has 0 N–H and O–H groups in total. The van der Waals surface area contributed by atoms with Gasteiger partial charge in [0.15, 0.2) is 6.61 Å². The van der Waals surface area contributed by atoms with E-state index in [1.807, 2.05) is 66.5 Å². The number of amides is 1. The van der Waals surface area contributed by atoms with Crippen LogP contribution in [0, 0.1) is 5.21 Å². The number of aromatic nitrogens is 1. The van der Waals surface area contributed by atoms with E-state index in [1.54, 1.807) is 35.7 Å². The first-order valence-corrected chi connectivity index (χ1v) is 13.2. The first-order chi connectivity index (χ1) is 18.0. The van der Waals surface area contributed by atoms with E-state index >= 15 is 0 Å². The monoisotopic (exact) mass is 521 g/mol. The highest BCUT2D eigenvalue weighted by Crippen LogP contribution is 2.42. The quantitative estimate of drug-likeness (QED) is 0.160. The molecule has 0 saturated carbocycles. The van der Waals surface area contributed by atoms with Crippen molar-refractivity contribution in [1.29, 1.82) is 0 Å². The van der Waals surface area contributed by atoms with Crippen LogP contribution in [0.2, 0.25) is 0 Å². The number of thioether (sulfide) groups is 1. The van der Waals surface area contributed by atoms with Crippen LogP contribution in [0.4, 0.5) is 11.5 Å². The van der Waals surface area contributed by atoms with Crippen LogP contribution in [0.1, 0.15) is 30.6 Å². The molecule has 2 heterocycles. The number of esters is 1. The molecule has 9 heteroatoms. The molecular formula is C28H31N3O5S. The molecule has 1 aliphatic heterocycles. The first-order valence-electron chi connectivity index (χ1n) is 12.3. The second kappa shape index (κ2) is 12.5. The Balaban J connectivity index is 1.45. The van der Waals surface area contributed by atoms with Gasteiger partial charge in [-0.25, -0.2) is 4.73 Å². The van der Waals surface area contributed by atoms with Crippen LogP contribution in [0.15, 0.2) is 77.8 Å². The fourth-order valence-corrected chi connectivity index (χ4v) is 5.39. The smallest absolute Gasteiger partial charge is 0.307 e. The van der Waals surface area contributed by atoms with E-state index in [9.17, 15) is 14.8 Å². The van der Waals surface area contributed by atoms with E-state index < -0.39 is 0 Å². The van der Waals surface area contributed by atoms with Gasteiger partial charge in [-0.1, -0.05) is 36.4 Å². The van der Waals surface area contributed by atoms with Crippen LogP contribution >= 0.6 is 11.8 Å². The van der Waals surface area contributed by atoms with Gasteiger partial charge in [0.25, 0.3) is 11.7 Å². The Bertz CT molecular complexity index is 1220. The second-order valence-electron chi connectivity index (χ2n) is 8.65. The lowest BCUT2D eigenvalue weighted by molar-refractivity contribution is -0.592. The van der Waals surface area contributed by atoms with E-state index in [0.29, 0.717) is 37.7 Å². The lowest BCUT2D eigenvalue weighted by atomic mass is 10.1. The van der Waals surface area contributed by atoms with Crippen molar-refractivity contribution in [1.82, 2.24) is 0 Å². The van der Waals surface area contributed by atoms with Gasteiger partial charge in [-0.15, -0.1) is 11.8 Å². The van der Waals surface area contributed by atoms with E-state index in [-0.39, 0.29) is 30.2 Å². The first kappa shape index (κ1) is 26.3. The van der Waals surface area contributed by atoms with Crippen LogP contribution in [-0.4, -0.2) is 45.2 Å². The molecule has 1 aromatic heterocycles. The maximum Gasteiger partial charge on any atom is 0.307 e. The summed E-state index contributed by atoms with van der Waals surface area (Å²) in [5.74, 6) is 0.867. The fraction of sp³-hybridized carbons (Fsp3) is 0.321. The summed E-state index contributed by atoms with van der Waals surface area (Å²) in [4.78, 5) is 29.5. The lowest BCUT2D eigenvalue weighted by Crippen LogP contribution is -2.41.